The molecule has 0 unspecified atom stereocenters. The van der Waals surface area contributed by atoms with Crippen LogP contribution in [0.1, 0.15) is 5.82 Å². The first-order valence-electron chi connectivity index (χ1n) is 6.39. The summed E-state index contributed by atoms with van der Waals surface area (Å²) in [7, 11) is -3.49. The highest BCUT2D eigenvalue weighted by atomic mass is 32.2. The summed E-state index contributed by atoms with van der Waals surface area (Å²) in [5.41, 5.74) is 0. The average molecular weight is 334 g/mol. The second-order valence-electron chi connectivity index (χ2n) is 4.32. The molecule has 0 radical (unpaired) electrons. The van der Waals surface area contributed by atoms with E-state index in [9.17, 15) is 8.42 Å². The average Bonchev–Trinajstić information content (AvgIpc) is 2.88. The summed E-state index contributed by atoms with van der Waals surface area (Å²) in [5, 5.41) is 17.1. The lowest BCUT2D eigenvalue weighted by Gasteiger charge is -2.07. The van der Waals surface area contributed by atoms with Crippen molar-refractivity contribution < 1.29 is 8.42 Å². The Labute approximate surface area is 133 Å². The number of hydrogen-bond acceptors (Lipinski definition) is 6. The third kappa shape index (κ3) is 3.75. The lowest BCUT2D eigenvalue weighted by molar-refractivity contribution is 0.590. The van der Waals surface area contributed by atoms with Gasteiger partial charge >= 0.3 is 0 Å². The van der Waals surface area contributed by atoms with Gasteiger partial charge in [0.15, 0.2) is 15.0 Å². The number of allylic oxidation sites excluding steroid dienone is 1. The molecule has 0 fully saturated rings. The van der Waals surface area contributed by atoms with Gasteiger partial charge in [-0.05, 0) is 12.1 Å². The van der Waals surface area contributed by atoms with E-state index in [-0.39, 0.29) is 16.4 Å². The second kappa shape index (κ2) is 7.24. The fourth-order valence-electron chi connectivity index (χ4n) is 1.82. The highest BCUT2D eigenvalue weighted by Crippen LogP contribution is 2.20. The van der Waals surface area contributed by atoms with Gasteiger partial charge in [-0.2, -0.15) is 5.26 Å². The molecule has 1 heterocycles. The number of thioether (sulfide) groups is 1. The first kappa shape index (κ1) is 16.3. The number of nitriles is 1. The Balaban J connectivity index is 2.31. The number of hydrogen-bond donors (Lipinski definition) is 0. The highest BCUT2D eigenvalue weighted by Gasteiger charge is 2.21. The minimum Gasteiger partial charge on any atom is -0.301 e. The van der Waals surface area contributed by atoms with Crippen LogP contribution >= 0.6 is 11.8 Å². The zero-order valence-electron chi connectivity index (χ0n) is 11.7. The summed E-state index contributed by atoms with van der Waals surface area (Å²) in [6.45, 7) is 4.04. The van der Waals surface area contributed by atoms with Gasteiger partial charge in [-0.1, -0.05) is 36.0 Å². The summed E-state index contributed by atoms with van der Waals surface area (Å²) in [6.07, 6.45) is 1.64. The van der Waals surface area contributed by atoms with Crippen LogP contribution in [0.15, 0.2) is 53.0 Å². The number of rotatable bonds is 7. The highest BCUT2D eigenvalue weighted by molar-refractivity contribution is 7.99. The minimum atomic E-state index is -3.49. The summed E-state index contributed by atoms with van der Waals surface area (Å²) in [4.78, 5) is 0.245. The van der Waals surface area contributed by atoms with Gasteiger partial charge in [0.2, 0.25) is 0 Å². The van der Waals surface area contributed by atoms with E-state index in [2.05, 4.69) is 16.8 Å². The predicted octanol–water partition coefficient (Wildman–Crippen LogP) is 2.05. The Hall–Kier alpha value is -2.11. The summed E-state index contributed by atoms with van der Waals surface area (Å²) < 4.78 is 26.5. The number of sulfone groups is 1. The van der Waals surface area contributed by atoms with Gasteiger partial charge in [0.1, 0.15) is 11.6 Å². The third-order valence-electron chi connectivity index (χ3n) is 2.79. The van der Waals surface area contributed by atoms with E-state index in [0.717, 1.165) is 0 Å². The molecule has 6 nitrogen and oxygen atoms in total. The Morgan fingerprint density at radius 1 is 1.32 bits per heavy atom. The summed E-state index contributed by atoms with van der Waals surface area (Å²) in [5.74, 6) is 0.315. The van der Waals surface area contributed by atoms with Crippen molar-refractivity contribution in [3.8, 4) is 6.07 Å². The molecule has 0 spiro atoms. The number of nitrogens with zero attached hydrogens (tertiary/aromatic N) is 4. The Bertz CT molecular complexity index is 792. The van der Waals surface area contributed by atoms with E-state index in [1.807, 2.05) is 6.07 Å². The first-order chi connectivity index (χ1) is 10.6. The minimum absolute atomic E-state index is 0.223. The van der Waals surface area contributed by atoms with Gasteiger partial charge in [0, 0.05) is 6.54 Å². The van der Waals surface area contributed by atoms with E-state index < -0.39 is 9.84 Å². The quantitative estimate of drug-likeness (QED) is 0.569. The second-order valence-corrected chi connectivity index (χ2v) is 7.25. The Morgan fingerprint density at radius 3 is 2.68 bits per heavy atom. The molecule has 22 heavy (non-hydrogen) atoms. The van der Waals surface area contributed by atoms with Crippen molar-refractivity contribution in [1.29, 1.82) is 5.26 Å². The molecule has 0 saturated carbocycles. The molecular weight excluding hydrogens is 320 g/mol. The Kier molecular flexibility index (Phi) is 5.35. The fourth-order valence-corrected chi connectivity index (χ4v) is 3.74. The van der Waals surface area contributed by atoms with Gasteiger partial charge in [-0.25, -0.2) is 8.42 Å². The molecule has 0 aliphatic rings. The molecule has 0 aliphatic carbocycles. The van der Waals surface area contributed by atoms with E-state index in [0.29, 0.717) is 17.5 Å². The van der Waals surface area contributed by atoms with Gasteiger partial charge < -0.3 is 4.57 Å². The molecule has 2 rings (SSSR count). The van der Waals surface area contributed by atoms with Crippen LogP contribution in [0.2, 0.25) is 0 Å². The van der Waals surface area contributed by atoms with Crippen molar-refractivity contribution in [2.24, 2.45) is 0 Å². The van der Waals surface area contributed by atoms with Crippen molar-refractivity contribution >= 4 is 21.6 Å². The summed E-state index contributed by atoms with van der Waals surface area (Å²) >= 11 is 1.22. The number of benzene rings is 1. The molecule has 0 bridgehead atoms. The van der Waals surface area contributed by atoms with Crippen molar-refractivity contribution in [3.63, 3.8) is 0 Å². The van der Waals surface area contributed by atoms with Crippen molar-refractivity contribution in [3.05, 3.63) is 48.8 Å². The van der Waals surface area contributed by atoms with Crippen LogP contribution in [-0.4, -0.2) is 28.9 Å². The smallest absolute Gasteiger partial charge is 0.192 e. The standard InChI is InChI=1S/C14H14N4O2S2/c1-2-9-18-13(16-17-14(18)21-10-8-15)11-22(19,20)12-6-4-3-5-7-12/h2-7H,1,9-11H2. The first-order valence-corrected chi connectivity index (χ1v) is 9.03. The fraction of sp³-hybridized carbons (Fsp3) is 0.214. The van der Waals surface area contributed by atoms with Crippen LogP contribution in [0.3, 0.4) is 0 Å². The molecular formula is C14H14N4O2S2. The maximum atomic E-state index is 12.4. The number of aromatic nitrogens is 3. The molecule has 114 valence electrons. The topological polar surface area (TPSA) is 88.6 Å². The normalized spacial score (nSPS) is 11.0. The van der Waals surface area contributed by atoms with E-state index in [1.54, 1.807) is 41.0 Å². The van der Waals surface area contributed by atoms with Crippen LogP contribution < -0.4 is 0 Å². The lowest BCUT2D eigenvalue weighted by atomic mass is 10.4. The molecule has 8 heteroatoms. The maximum Gasteiger partial charge on any atom is 0.192 e. The third-order valence-corrected chi connectivity index (χ3v) is 5.25. The van der Waals surface area contributed by atoms with Crippen LogP contribution in [-0.2, 0) is 22.1 Å². The van der Waals surface area contributed by atoms with Gasteiger partial charge in [0.05, 0.1) is 16.7 Å². The van der Waals surface area contributed by atoms with E-state index >= 15 is 0 Å². The van der Waals surface area contributed by atoms with Crippen molar-refractivity contribution in [2.75, 3.05) is 5.75 Å². The van der Waals surface area contributed by atoms with Crippen LogP contribution in [0, 0.1) is 11.3 Å². The Morgan fingerprint density at radius 2 is 2.05 bits per heavy atom. The molecule has 0 N–H and O–H groups in total. The van der Waals surface area contributed by atoms with Gasteiger partial charge in [0.25, 0.3) is 0 Å². The molecule has 1 aromatic heterocycles. The van der Waals surface area contributed by atoms with Crippen molar-refractivity contribution in [2.45, 2.75) is 22.3 Å². The molecule has 0 amide bonds. The van der Waals surface area contributed by atoms with Crippen molar-refractivity contribution in [1.82, 2.24) is 14.8 Å². The SMILES string of the molecule is C=CCn1c(CS(=O)(=O)c2ccccc2)nnc1SCC#N. The van der Waals surface area contributed by atoms with Crippen LogP contribution in [0.25, 0.3) is 0 Å². The lowest BCUT2D eigenvalue weighted by Crippen LogP contribution is -2.11. The van der Waals surface area contributed by atoms with Gasteiger partial charge in [-0.15, -0.1) is 16.8 Å². The maximum absolute atomic E-state index is 12.4. The monoisotopic (exact) mass is 334 g/mol. The predicted molar refractivity (Wildman–Crippen MR) is 83.9 cm³/mol. The molecule has 0 atom stereocenters. The zero-order valence-corrected chi connectivity index (χ0v) is 13.3. The van der Waals surface area contributed by atoms with E-state index in [4.69, 9.17) is 5.26 Å². The van der Waals surface area contributed by atoms with E-state index in [1.165, 1.54) is 11.8 Å². The molecule has 0 aliphatic heterocycles. The zero-order chi connectivity index (χ0) is 16.0. The molecule has 0 saturated heterocycles. The van der Waals surface area contributed by atoms with Gasteiger partial charge in [-0.3, -0.25) is 0 Å². The molecule has 1 aromatic carbocycles. The molecule has 2 aromatic rings. The largest absolute Gasteiger partial charge is 0.301 e. The summed E-state index contributed by atoms with van der Waals surface area (Å²) in [6, 6.07) is 10.2. The van der Waals surface area contributed by atoms with Crippen LogP contribution in [0.5, 0.6) is 0 Å². The van der Waals surface area contributed by atoms with Crippen LogP contribution in [0.4, 0.5) is 0 Å².